The molecule has 0 radical (unpaired) electrons. The smallest absolute Gasteiger partial charge is 0.174 e. The summed E-state index contributed by atoms with van der Waals surface area (Å²) >= 11 is 1.54. The van der Waals surface area contributed by atoms with Crippen LogP contribution in [0.2, 0.25) is 0 Å². The van der Waals surface area contributed by atoms with Crippen molar-refractivity contribution in [1.82, 2.24) is 4.98 Å². The van der Waals surface area contributed by atoms with E-state index in [1.54, 1.807) is 7.11 Å². The molecule has 0 aromatic carbocycles. The van der Waals surface area contributed by atoms with E-state index in [0.29, 0.717) is 26.2 Å². The average Bonchev–Trinajstić information content (AvgIpc) is 2.73. The maximum absolute atomic E-state index is 11.6. The van der Waals surface area contributed by atoms with Gasteiger partial charge in [0.2, 0.25) is 0 Å². The third-order valence-corrected chi connectivity index (χ3v) is 3.90. The number of aromatic nitrogens is 1. The van der Waals surface area contributed by atoms with Crippen molar-refractivity contribution >= 4 is 17.1 Å². The first-order valence-corrected chi connectivity index (χ1v) is 6.71. The van der Waals surface area contributed by atoms with Gasteiger partial charge in [-0.3, -0.25) is 4.79 Å². The Kier molecular flexibility index (Phi) is 4.65. The Morgan fingerprint density at radius 2 is 2.18 bits per heavy atom. The van der Waals surface area contributed by atoms with Crippen molar-refractivity contribution in [3.05, 3.63) is 15.6 Å². The highest BCUT2D eigenvalue weighted by Crippen LogP contribution is 2.26. The minimum atomic E-state index is 0.260. The average molecular weight is 255 g/mol. The number of methoxy groups -OCH3 is 1. The Bertz CT molecular complexity index is 389. The minimum Gasteiger partial charge on any atom is -0.382 e. The van der Waals surface area contributed by atoms with Crippen molar-refractivity contribution in [3.63, 3.8) is 0 Å². The van der Waals surface area contributed by atoms with Crippen molar-refractivity contribution in [2.24, 2.45) is 0 Å². The molecule has 0 atom stereocenters. The molecule has 17 heavy (non-hydrogen) atoms. The van der Waals surface area contributed by atoms with Crippen molar-refractivity contribution in [1.29, 1.82) is 0 Å². The Hall–Kier alpha value is -0.780. The lowest BCUT2D eigenvalue weighted by Crippen LogP contribution is -2.07. The van der Waals surface area contributed by atoms with Gasteiger partial charge >= 0.3 is 0 Å². The first-order valence-electron chi connectivity index (χ1n) is 5.89. The van der Waals surface area contributed by atoms with E-state index in [-0.39, 0.29) is 5.78 Å². The molecular weight excluding hydrogens is 238 g/mol. The van der Waals surface area contributed by atoms with E-state index in [1.165, 1.54) is 11.3 Å². The highest BCUT2D eigenvalue weighted by atomic mass is 32.1. The molecular formula is C12H17NO3S. The predicted octanol–water partition coefficient (Wildman–Crippen LogP) is 1.87. The standard InChI is InChI=1S/C12H17NO3S/c1-15-7-8-16-6-5-11-13-9-3-2-4-10(14)12(9)17-11/h2-8H2,1H3. The number of aryl methyl sites for hydroxylation is 1. The van der Waals surface area contributed by atoms with Crippen LogP contribution in [-0.4, -0.2) is 37.7 Å². The molecule has 1 heterocycles. The van der Waals surface area contributed by atoms with Crippen molar-refractivity contribution in [2.75, 3.05) is 26.9 Å². The van der Waals surface area contributed by atoms with Crippen LogP contribution >= 0.6 is 11.3 Å². The second-order valence-corrected chi connectivity index (χ2v) is 5.10. The Labute approximate surface area is 105 Å². The lowest BCUT2D eigenvalue weighted by Gasteiger charge is -2.06. The third-order valence-electron chi connectivity index (χ3n) is 2.70. The summed E-state index contributed by atoms with van der Waals surface area (Å²) < 4.78 is 10.3. The fourth-order valence-corrected chi connectivity index (χ4v) is 2.89. The number of carbonyl (C=O) groups excluding carboxylic acids is 1. The molecule has 1 aliphatic carbocycles. The van der Waals surface area contributed by atoms with E-state index >= 15 is 0 Å². The Morgan fingerprint density at radius 1 is 1.29 bits per heavy atom. The second-order valence-electron chi connectivity index (χ2n) is 4.02. The van der Waals surface area contributed by atoms with Crippen LogP contribution in [0.1, 0.15) is 33.2 Å². The number of Topliss-reactive ketones (excluding diaryl/α,β-unsaturated/α-hetero) is 1. The van der Waals surface area contributed by atoms with Crippen LogP contribution in [0.3, 0.4) is 0 Å². The van der Waals surface area contributed by atoms with Gasteiger partial charge in [0.25, 0.3) is 0 Å². The molecule has 0 unspecified atom stereocenters. The number of hydrogen-bond acceptors (Lipinski definition) is 5. The molecule has 0 aliphatic heterocycles. The van der Waals surface area contributed by atoms with E-state index in [1.807, 2.05) is 0 Å². The zero-order valence-electron chi connectivity index (χ0n) is 10.0. The van der Waals surface area contributed by atoms with Crippen LogP contribution in [0.4, 0.5) is 0 Å². The molecule has 0 saturated heterocycles. The number of hydrogen-bond donors (Lipinski definition) is 0. The maximum Gasteiger partial charge on any atom is 0.174 e. The molecule has 0 bridgehead atoms. The molecule has 4 nitrogen and oxygen atoms in total. The molecule has 2 rings (SSSR count). The number of carbonyl (C=O) groups is 1. The largest absolute Gasteiger partial charge is 0.382 e. The van der Waals surface area contributed by atoms with Gasteiger partial charge in [0.15, 0.2) is 5.78 Å². The lowest BCUT2D eigenvalue weighted by atomic mass is 10.0. The van der Waals surface area contributed by atoms with Crippen LogP contribution in [0.25, 0.3) is 0 Å². The summed E-state index contributed by atoms with van der Waals surface area (Å²) in [6, 6.07) is 0. The molecule has 94 valence electrons. The van der Waals surface area contributed by atoms with Crippen LogP contribution in [0.5, 0.6) is 0 Å². The van der Waals surface area contributed by atoms with Gasteiger partial charge in [-0.1, -0.05) is 0 Å². The van der Waals surface area contributed by atoms with E-state index in [4.69, 9.17) is 9.47 Å². The summed E-state index contributed by atoms with van der Waals surface area (Å²) in [4.78, 5) is 17.0. The second kappa shape index (κ2) is 6.23. The summed E-state index contributed by atoms with van der Waals surface area (Å²) in [5, 5.41) is 1.02. The van der Waals surface area contributed by atoms with E-state index < -0.39 is 0 Å². The highest BCUT2D eigenvalue weighted by Gasteiger charge is 2.21. The van der Waals surface area contributed by atoms with Crippen molar-refractivity contribution in [3.8, 4) is 0 Å². The Morgan fingerprint density at radius 3 is 2.94 bits per heavy atom. The summed E-state index contributed by atoms with van der Waals surface area (Å²) in [6.45, 7) is 1.87. The first kappa shape index (κ1) is 12.7. The fraction of sp³-hybridized carbons (Fsp3) is 0.667. The molecule has 0 fully saturated rings. The minimum absolute atomic E-state index is 0.260. The number of rotatable bonds is 6. The summed E-state index contributed by atoms with van der Waals surface area (Å²) in [5.74, 6) is 0.260. The number of nitrogens with zero attached hydrogens (tertiary/aromatic N) is 1. The molecule has 0 spiro atoms. The van der Waals surface area contributed by atoms with Crippen LogP contribution in [0, 0.1) is 0 Å². The summed E-state index contributed by atoms with van der Waals surface area (Å²) in [7, 11) is 1.66. The summed E-state index contributed by atoms with van der Waals surface area (Å²) in [6.07, 6.45) is 3.36. The fourth-order valence-electron chi connectivity index (χ4n) is 1.83. The van der Waals surface area contributed by atoms with E-state index in [0.717, 1.165) is 34.8 Å². The number of ketones is 1. The molecule has 0 amide bonds. The quantitative estimate of drug-likeness (QED) is 0.728. The van der Waals surface area contributed by atoms with Gasteiger partial charge in [0.1, 0.15) is 0 Å². The van der Waals surface area contributed by atoms with Gasteiger partial charge in [0, 0.05) is 20.0 Å². The van der Waals surface area contributed by atoms with Crippen LogP contribution in [-0.2, 0) is 22.3 Å². The monoisotopic (exact) mass is 255 g/mol. The maximum atomic E-state index is 11.6. The third kappa shape index (κ3) is 3.34. The van der Waals surface area contributed by atoms with Gasteiger partial charge in [-0.25, -0.2) is 4.98 Å². The zero-order chi connectivity index (χ0) is 12.1. The topological polar surface area (TPSA) is 48.4 Å². The number of fused-ring (bicyclic) bond motifs is 1. The first-order chi connectivity index (χ1) is 8.31. The molecule has 0 N–H and O–H groups in total. The van der Waals surface area contributed by atoms with Crippen LogP contribution < -0.4 is 0 Å². The molecule has 0 saturated carbocycles. The SMILES string of the molecule is COCCOCCc1nc2c(s1)C(=O)CCC2. The van der Waals surface area contributed by atoms with Gasteiger partial charge in [-0.05, 0) is 12.8 Å². The van der Waals surface area contributed by atoms with Gasteiger partial charge in [-0.2, -0.15) is 0 Å². The lowest BCUT2D eigenvalue weighted by molar-refractivity contribution is 0.0722. The van der Waals surface area contributed by atoms with Crippen LogP contribution in [0.15, 0.2) is 0 Å². The van der Waals surface area contributed by atoms with Gasteiger partial charge in [0.05, 0.1) is 35.4 Å². The highest BCUT2D eigenvalue weighted by molar-refractivity contribution is 7.13. The molecule has 1 aliphatic rings. The predicted molar refractivity (Wildman–Crippen MR) is 65.8 cm³/mol. The van der Waals surface area contributed by atoms with E-state index in [9.17, 15) is 4.79 Å². The van der Waals surface area contributed by atoms with Crippen molar-refractivity contribution < 1.29 is 14.3 Å². The van der Waals surface area contributed by atoms with Crippen molar-refractivity contribution in [2.45, 2.75) is 25.7 Å². The molecule has 1 aromatic heterocycles. The molecule has 1 aromatic rings. The number of thiazole rings is 1. The molecule has 5 heteroatoms. The van der Waals surface area contributed by atoms with Gasteiger partial charge in [-0.15, -0.1) is 11.3 Å². The van der Waals surface area contributed by atoms with Gasteiger partial charge < -0.3 is 9.47 Å². The zero-order valence-corrected chi connectivity index (χ0v) is 10.8. The summed E-state index contributed by atoms with van der Waals surface area (Å²) in [5.41, 5.74) is 0.998. The Balaban J connectivity index is 1.83. The van der Waals surface area contributed by atoms with E-state index in [2.05, 4.69) is 4.98 Å². The number of ether oxygens (including phenoxy) is 2. The normalized spacial score (nSPS) is 15.0.